The molecule has 4 heteroatoms. The molecule has 0 spiro atoms. The summed E-state index contributed by atoms with van der Waals surface area (Å²) in [4.78, 5) is 12.5. The fraction of sp³-hybridized carbons (Fsp3) is 0.734. The molecule has 1 amide bonds. The molecule has 3 N–H and O–H groups in total. The summed E-state index contributed by atoms with van der Waals surface area (Å²) in [6.45, 7) is 4.19. The van der Waals surface area contributed by atoms with E-state index in [1.165, 1.54) is 193 Å². The molecule has 0 aromatic heterocycles. The average molecular weight is 945 g/mol. The summed E-state index contributed by atoms with van der Waals surface area (Å²) in [5, 5.41) is 23.1. The molecular formula is C64H113NO3. The van der Waals surface area contributed by atoms with E-state index in [9.17, 15) is 15.0 Å². The van der Waals surface area contributed by atoms with Gasteiger partial charge in [0, 0.05) is 6.42 Å². The first-order chi connectivity index (χ1) is 33.7. The number of amides is 1. The number of nitrogens with one attached hydrogen (secondary N) is 1. The molecule has 0 heterocycles. The lowest BCUT2D eigenvalue weighted by atomic mass is 10.0. The maximum atomic E-state index is 12.5. The molecule has 0 fully saturated rings. The van der Waals surface area contributed by atoms with Gasteiger partial charge in [0.05, 0.1) is 18.8 Å². The minimum Gasteiger partial charge on any atom is -0.394 e. The van der Waals surface area contributed by atoms with Crippen molar-refractivity contribution in [1.29, 1.82) is 0 Å². The molecule has 0 radical (unpaired) electrons. The SMILES string of the molecule is CC/C=C\C/C=C\C/C=C\C/C=C\C/C=C\CCCCCCCCCCCCCCCCCCCCCCCC(=O)NC(CO)C(O)/C=C/CC/C=C/CC/C=C/CCCCCCCCCCC. The van der Waals surface area contributed by atoms with E-state index in [0.717, 1.165) is 70.6 Å². The van der Waals surface area contributed by atoms with Gasteiger partial charge in [-0.2, -0.15) is 0 Å². The molecule has 0 saturated heterocycles. The van der Waals surface area contributed by atoms with Crippen LogP contribution in [0, 0.1) is 0 Å². The summed E-state index contributed by atoms with van der Waals surface area (Å²) in [5.74, 6) is -0.0767. The minimum atomic E-state index is -0.873. The lowest BCUT2D eigenvalue weighted by molar-refractivity contribution is -0.123. The third-order valence-electron chi connectivity index (χ3n) is 13.0. The normalized spacial score (nSPS) is 13.5. The van der Waals surface area contributed by atoms with E-state index in [1.54, 1.807) is 6.08 Å². The van der Waals surface area contributed by atoms with Crippen molar-refractivity contribution in [3.05, 3.63) is 97.2 Å². The van der Waals surface area contributed by atoms with E-state index in [4.69, 9.17) is 0 Å². The lowest BCUT2D eigenvalue weighted by Gasteiger charge is -2.19. The number of carbonyl (C=O) groups is 1. The quantitative estimate of drug-likeness (QED) is 0.0420. The van der Waals surface area contributed by atoms with Crippen LogP contribution in [0.5, 0.6) is 0 Å². The highest BCUT2D eigenvalue weighted by atomic mass is 16.3. The molecule has 2 atom stereocenters. The Morgan fingerprint density at radius 1 is 0.368 bits per heavy atom. The van der Waals surface area contributed by atoms with Gasteiger partial charge in [-0.15, -0.1) is 0 Å². The summed E-state index contributed by atoms with van der Waals surface area (Å²) in [5.41, 5.74) is 0. The molecular weight excluding hydrogens is 831 g/mol. The van der Waals surface area contributed by atoms with Crippen LogP contribution in [-0.2, 0) is 4.79 Å². The van der Waals surface area contributed by atoms with E-state index >= 15 is 0 Å². The van der Waals surface area contributed by atoms with Crippen LogP contribution in [0.2, 0.25) is 0 Å². The Hall–Kier alpha value is -2.69. The van der Waals surface area contributed by atoms with Crippen molar-refractivity contribution in [1.82, 2.24) is 5.32 Å². The standard InChI is InChI=1S/C64H113NO3/c1-3-5-7-9-11-13-15-17-19-21-23-24-25-26-27-28-29-30-31-32-33-34-35-36-37-38-39-40-42-44-46-48-50-52-54-56-58-60-64(68)65-62(61-66)63(67)59-57-55-53-51-49-47-45-43-41-22-20-18-16-14-12-10-8-6-4-2/h5,7,11,13,17,19,23-24,26-27,41,43,49,51,57,59,62-63,66-67H,3-4,6,8-10,12,14-16,18,20-22,25,28-40,42,44-48,50,52-56,58,60-61H2,1-2H3,(H,65,68)/b7-5-,13-11-,19-17-,24-23-,27-26-,43-41+,51-49+,59-57+. The summed E-state index contributed by atoms with van der Waals surface area (Å²) < 4.78 is 0. The van der Waals surface area contributed by atoms with Gasteiger partial charge in [0.2, 0.25) is 5.91 Å². The molecule has 68 heavy (non-hydrogen) atoms. The first-order valence-corrected chi connectivity index (χ1v) is 29.5. The zero-order valence-electron chi connectivity index (χ0n) is 45.1. The van der Waals surface area contributed by atoms with Gasteiger partial charge >= 0.3 is 0 Å². The van der Waals surface area contributed by atoms with Gasteiger partial charge in [0.15, 0.2) is 0 Å². The van der Waals surface area contributed by atoms with E-state index in [0.29, 0.717) is 6.42 Å². The van der Waals surface area contributed by atoms with Gasteiger partial charge in [0.1, 0.15) is 0 Å². The molecule has 0 aromatic rings. The average Bonchev–Trinajstić information content (AvgIpc) is 3.34. The molecule has 0 bridgehead atoms. The number of rotatable bonds is 53. The van der Waals surface area contributed by atoms with Gasteiger partial charge in [-0.1, -0.05) is 284 Å². The summed E-state index contributed by atoms with van der Waals surface area (Å²) in [6, 6.07) is -0.649. The Bertz CT molecular complexity index is 1250. The molecule has 0 aliphatic carbocycles. The van der Waals surface area contributed by atoms with Crippen molar-refractivity contribution in [2.24, 2.45) is 0 Å². The molecule has 0 rings (SSSR count). The highest BCUT2D eigenvalue weighted by molar-refractivity contribution is 5.76. The first-order valence-electron chi connectivity index (χ1n) is 29.5. The molecule has 4 nitrogen and oxygen atoms in total. The van der Waals surface area contributed by atoms with Crippen molar-refractivity contribution >= 4 is 5.91 Å². The smallest absolute Gasteiger partial charge is 0.220 e. The van der Waals surface area contributed by atoms with Crippen molar-refractivity contribution in [2.75, 3.05) is 6.61 Å². The molecule has 0 aliphatic heterocycles. The number of hydrogen-bond acceptors (Lipinski definition) is 3. The number of aliphatic hydroxyl groups excluding tert-OH is 2. The minimum absolute atomic E-state index is 0.0767. The highest BCUT2D eigenvalue weighted by Gasteiger charge is 2.18. The fourth-order valence-corrected chi connectivity index (χ4v) is 8.59. The Morgan fingerprint density at radius 3 is 1.03 bits per heavy atom. The van der Waals surface area contributed by atoms with Crippen LogP contribution in [0.15, 0.2) is 97.2 Å². The van der Waals surface area contributed by atoms with Crippen molar-refractivity contribution in [2.45, 2.75) is 296 Å². The predicted molar refractivity (Wildman–Crippen MR) is 303 cm³/mol. The predicted octanol–water partition coefficient (Wildman–Crippen LogP) is 19.7. The largest absolute Gasteiger partial charge is 0.394 e. The Kier molecular flexibility index (Phi) is 56.3. The van der Waals surface area contributed by atoms with Gasteiger partial charge in [-0.3, -0.25) is 4.79 Å². The lowest BCUT2D eigenvalue weighted by Crippen LogP contribution is -2.45. The van der Waals surface area contributed by atoms with Crippen molar-refractivity contribution < 1.29 is 15.0 Å². The van der Waals surface area contributed by atoms with Gasteiger partial charge in [0.25, 0.3) is 0 Å². The number of unbranched alkanes of at least 4 members (excludes halogenated alkanes) is 32. The molecule has 392 valence electrons. The van der Waals surface area contributed by atoms with E-state index in [2.05, 4.69) is 104 Å². The van der Waals surface area contributed by atoms with Crippen LogP contribution in [0.4, 0.5) is 0 Å². The monoisotopic (exact) mass is 944 g/mol. The van der Waals surface area contributed by atoms with E-state index in [-0.39, 0.29) is 12.5 Å². The number of aliphatic hydroxyl groups is 2. The van der Waals surface area contributed by atoms with Crippen LogP contribution < -0.4 is 5.32 Å². The van der Waals surface area contributed by atoms with Crippen molar-refractivity contribution in [3.63, 3.8) is 0 Å². The topological polar surface area (TPSA) is 69.6 Å². The van der Waals surface area contributed by atoms with Crippen LogP contribution in [0.3, 0.4) is 0 Å². The number of hydrogen-bond donors (Lipinski definition) is 3. The van der Waals surface area contributed by atoms with Gasteiger partial charge < -0.3 is 15.5 Å². The zero-order valence-corrected chi connectivity index (χ0v) is 45.1. The van der Waals surface area contributed by atoms with E-state index < -0.39 is 12.1 Å². The molecule has 0 aliphatic rings. The van der Waals surface area contributed by atoms with Crippen LogP contribution in [-0.4, -0.2) is 34.9 Å². The van der Waals surface area contributed by atoms with Gasteiger partial charge in [-0.25, -0.2) is 0 Å². The second-order valence-electron chi connectivity index (χ2n) is 19.7. The number of allylic oxidation sites excluding steroid dienone is 15. The Morgan fingerprint density at radius 2 is 0.662 bits per heavy atom. The summed E-state index contributed by atoms with van der Waals surface area (Å²) in [6.07, 6.45) is 87.3. The third kappa shape index (κ3) is 54.3. The molecule has 2 unspecified atom stereocenters. The van der Waals surface area contributed by atoms with Crippen LogP contribution >= 0.6 is 0 Å². The first kappa shape index (κ1) is 65.3. The maximum Gasteiger partial charge on any atom is 0.220 e. The fourth-order valence-electron chi connectivity index (χ4n) is 8.59. The van der Waals surface area contributed by atoms with Gasteiger partial charge in [-0.05, 0) is 89.9 Å². The second kappa shape index (κ2) is 58.6. The Balaban J connectivity index is 3.50. The molecule has 0 aromatic carbocycles. The Labute approximate surface area is 424 Å². The summed E-state index contributed by atoms with van der Waals surface area (Å²) in [7, 11) is 0. The van der Waals surface area contributed by atoms with Crippen LogP contribution in [0.25, 0.3) is 0 Å². The number of carbonyl (C=O) groups excluding carboxylic acids is 1. The van der Waals surface area contributed by atoms with E-state index in [1.807, 2.05) is 6.08 Å². The highest BCUT2D eigenvalue weighted by Crippen LogP contribution is 2.16. The summed E-state index contributed by atoms with van der Waals surface area (Å²) >= 11 is 0. The molecule has 0 saturated carbocycles. The maximum absolute atomic E-state index is 12.5. The third-order valence-corrected chi connectivity index (χ3v) is 13.0. The van der Waals surface area contributed by atoms with Crippen LogP contribution in [0.1, 0.15) is 284 Å². The van der Waals surface area contributed by atoms with Crippen molar-refractivity contribution in [3.8, 4) is 0 Å². The zero-order chi connectivity index (χ0) is 49.2. The second-order valence-corrected chi connectivity index (χ2v) is 19.7.